The van der Waals surface area contributed by atoms with Gasteiger partial charge in [-0.15, -0.1) is 11.6 Å². The summed E-state index contributed by atoms with van der Waals surface area (Å²) in [6.07, 6.45) is 2.43. The third kappa shape index (κ3) is 4.98. The first kappa shape index (κ1) is 18.7. The number of pyridine rings is 1. The van der Waals surface area contributed by atoms with E-state index in [-0.39, 0.29) is 24.7 Å². The Balaban J connectivity index is 1.64. The Hall–Kier alpha value is -3.06. The number of ether oxygens (including phenoxy) is 1. The maximum absolute atomic E-state index is 12.8. The summed E-state index contributed by atoms with van der Waals surface area (Å²) in [5.74, 6) is -0.0779. The van der Waals surface area contributed by atoms with Gasteiger partial charge in [0.1, 0.15) is 24.7 Å². The minimum Gasteiger partial charge on any atom is -0.485 e. The highest BCUT2D eigenvalue weighted by atomic mass is 35.5. The van der Waals surface area contributed by atoms with Gasteiger partial charge in [0.15, 0.2) is 5.78 Å². The normalized spacial score (nSPS) is 10.6. The van der Waals surface area contributed by atoms with Crippen LogP contribution in [0.15, 0.2) is 59.7 Å². The molecule has 0 spiro atoms. The van der Waals surface area contributed by atoms with Crippen LogP contribution in [-0.4, -0.2) is 20.5 Å². The van der Waals surface area contributed by atoms with Crippen LogP contribution in [0.25, 0.3) is 0 Å². The molecule has 0 amide bonds. The van der Waals surface area contributed by atoms with Gasteiger partial charge in [-0.3, -0.25) is 14.6 Å². The van der Waals surface area contributed by atoms with Crippen molar-refractivity contribution in [3.8, 4) is 5.75 Å². The van der Waals surface area contributed by atoms with Crippen molar-refractivity contribution in [1.82, 2.24) is 14.8 Å². The molecule has 2 aromatic heterocycles. The largest absolute Gasteiger partial charge is 0.485 e. The fourth-order valence-electron chi connectivity index (χ4n) is 2.27. The Morgan fingerprint density at radius 1 is 1.15 bits per heavy atom. The maximum atomic E-state index is 12.8. The molecular weight excluding hydrogens is 373 g/mol. The average molecular weight is 388 g/mol. The van der Waals surface area contributed by atoms with Crippen LogP contribution in [0.1, 0.15) is 21.6 Å². The molecule has 0 aliphatic heterocycles. The number of carbonyl (C=O) groups excluding carboxylic acids is 1. The second-order valence-electron chi connectivity index (χ2n) is 5.70. The topological polar surface area (TPSA) is 74.1 Å². The van der Waals surface area contributed by atoms with Gasteiger partial charge >= 0.3 is 0 Å². The number of benzene rings is 1. The first-order chi connectivity index (χ1) is 13.0. The monoisotopic (exact) mass is 387 g/mol. The van der Waals surface area contributed by atoms with E-state index in [1.165, 1.54) is 24.4 Å². The van der Waals surface area contributed by atoms with Gasteiger partial charge in [-0.1, -0.05) is 24.3 Å². The van der Waals surface area contributed by atoms with Gasteiger partial charge in [0.2, 0.25) is 0 Å². The van der Waals surface area contributed by atoms with Crippen molar-refractivity contribution >= 4 is 17.4 Å². The number of hydrogen-bond donors (Lipinski definition) is 0. The molecule has 0 aliphatic rings. The fraction of sp³-hybridized carbons (Fsp3) is 0.158. The summed E-state index contributed by atoms with van der Waals surface area (Å²) < 4.78 is 19.3. The van der Waals surface area contributed by atoms with Crippen LogP contribution >= 0.6 is 11.6 Å². The molecule has 0 saturated carbocycles. The molecule has 6 nitrogen and oxygen atoms in total. The summed E-state index contributed by atoms with van der Waals surface area (Å²) in [4.78, 5) is 28.3. The molecule has 27 heavy (non-hydrogen) atoms. The van der Waals surface area contributed by atoms with E-state index < -0.39 is 11.4 Å². The third-order valence-corrected chi connectivity index (χ3v) is 4.05. The zero-order valence-corrected chi connectivity index (χ0v) is 14.9. The van der Waals surface area contributed by atoms with Crippen LogP contribution in [0.5, 0.6) is 5.75 Å². The fourth-order valence-corrected chi connectivity index (χ4v) is 2.45. The van der Waals surface area contributed by atoms with E-state index >= 15 is 0 Å². The van der Waals surface area contributed by atoms with Crippen molar-refractivity contribution in [2.45, 2.75) is 19.0 Å². The highest BCUT2D eigenvalue weighted by Crippen LogP contribution is 2.10. The summed E-state index contributed by atoms with van der Waals surface area (Å²) >= 11 is 5.72. The number of Topliss-reactive ketones (excluding diaryl/α,β-unsaturated/α-hetero) is 1. The van der Waals surface area contributed by atoms with Gasteiger partial charge in [-0.2, -0.15) is 5.10 Å². The summed E-state index contributed by atoms with van der Waals surface area (Å²) in [7, 11) is 0. The van der Waals surface area contributed by atoms with Crippen molar-refractivity contribution in [1.29, 1.82) is 0 Å². The number of aromatic nitrogens is 3. The Kier molecular flexibility index (Phi) is 5.93. The standard InChI is InChI=1S/C19H15ClFN3O3/c20-8-13-1-3-14(4-2-13)18(25)11-24-19(26)7-17(10-23-24)27-12-16-6-5-15(21)9-22-16/h1-7,9-10H,8,11-12H2. The van der Waals surface area contributed by atoms with E-state index in [1.54, 1.807) is 24.3 Å². The SMILES string of the molecule is O=C(Cn1ncc(OCc2ccc(F)cn2)cc1=O)c1ccc(CCl)cc1. The molecule has 0 saturated heterocycles. The van der Waals surface area contributed by atoms with Crippen LogP contribution in [0.2, 0.25) is 0 Å². The lowest BCUT2D eigenvalue weighted by atomic mass is 10.1. The second kappa shape index (κ2) is 8.55. The quantitative estimate of drug-likeness (QED) is 0.460. The lowest BCUT2D eigenvalue weighted by Crippen LogP contribution is -2.26. The highest BCUT2D eigenvalue weighted by Gasteiger charge is 2.10. The molecule has 3 rings (SSSR count). The molecule has 138 valence electrons. The van der Waals surface area contributed by atoms with Crippen LogP contribution in [0.3, 0.4) is 0 Å². The number of halogens is 2. The first-order valence-electron chi connectivity index (χ1n) is 8.03. The minimum absolute atomic E-state index is 0.0667. The van der Waals surface area contributed by atoms with Gasteiger partial charge < -0.3 is 4.74 Å². The van der Waals surface area contributed by atoms with Crippen LogP contribution in [0, 0.1) is 5.82 Å². The molecule has 0 bridgehead atoms. The van der Waals surface area contributed by atoms with Crippen molar-refractivity contribution in [2.24, 2.45) is 0 Å². The molecule has 0 atom stereocenters. The number of nitrogens with zero attached hydrogens (tertiary/aromatic N) is 3. The molecule has 8 heteroatoms. The number of hydrogen-bond acceptors (Lipinski definition) is 5. The van der Waals surface area contributed by atoms with E-state index in [0.29, 0.717) is 17.1 Å². The summed E-state index contributed by atoms with van der Waals surface area (Å²) in [5.41, 5.74) is 1.42. The number of ketones is 1. The molecule has 2 heterocycles. The van der Waals surface area contributed by atoms with Gasteiger partial charge in [-0.25, -0.2) is 9.07 Å². The number of carbonyl (C=O) groups is 1. The predicted molar refractivity (Wildman–Crippen MR) is 97.4 cm³/mol. The van der Waals surface area contributed by atoms with E-state index in [4.69, 9.17) is 16.3 Å². The highest BCUT2D eigenvalue weighted by molar-refractivity contribution is 6.17. The minimum atomic E-state index is -0.467. The molecule has 3 aromatic rings. The van der Waals surface area contributed by atoms with Crippen LogP contribution in [0.4, 0.5) is 4.39 Å². The van der Waals surface area contributed by atoms with Crippen molar-refractivity contribution in [3.63, 3.8) is 0 Å². The van der Waals surface area contributed by atoms with Gasteiger partial charge in [0, 0.05) is 17.5 Å². The summed E-state index contributed by atoms with van der Waals surface area (Å²) in [6, 6.07) is 10.8. The number of alkyl halides is 1. The Labute approximate surface area is 159 Å². The summed E-state index contributed by atoms with van der Waals surface area (Å²) in [5, 5.41) is 3.96. The molecule has 0 radical (unpaired) electrons. The average Bonchev–Trinajstić information content (AvgIpc) is 2.69. The summed E-state index contributed by atoms with van der Waals surface area (Å²) in [6.45, 7) is -0.115. The zero-order chi connectivity index (χ0) is 19.2. The zero-order valence-electron chi connectivity index (χ0n) is 14.1. The van der Waals surface area contributed by atoms with E-state index in [9.17, 15) is 14.0 Å². The maximum Gasteiger partial charge on any atom is 0.270 e. The van der Waals surface area contributed by atoms with E-state index in [0.717, 1.165) is 16.4 Å². The molecule has 1 aromatic carbocycles. The van der Waals surface area contributed by atoms with Crippen LogP contribution in [-0.2, 0) is 19.0 Å². The predicted octanol–water partition coefficient (Wildman–Crippen LogP) is 2.98. The second-order valence-corrected chi connectivity index (χ2v) is 5.96. The van der Waals surface area contributed by atoms with Crippen molar-refractivity contribution in [2.75, 3.05) is 0 Å². The first-order valence-corrected chi connectivity index (χ1v) is 8.57. The molecule has 0 unspecified atom stereocenters. The van der Waals surface area contributed by atoms with E-state index in [2.05, 4.69) is 10.1 Å². The van der Waals surface area contributed by atoms with E-state index in [1.807, 2.05) is 0 Å². The van der Waals surface area contributed by atoms with Gasteiger partial charge in [-0.05, 0) is 17.7 Å². The number of rotatable bonds is 7. The lowest BCUT2D eigenvalue weighted by Gasteiger charge is -2.08. The smallest absolute Gasteiger partial charge is 0.270 e. The molecule has 0 N–H and O–H groups in total. The van der Waals surface area contributed by atoms with Gasteiger partial charge in [0.05, 0.1) is 18.1 Å². The molecule has 0 aliphatic carbocycles. The van der Waals surface area contributed by atoms with Gasteiger partial charge in [0.25, 0.3) is 5.56 Å². The Bertz CT molecular complexity index is 988. The van der Waals surface area contributed by atoms with Crippen LogP contribution < -0.4 is 10.3 Å². The Morgan fingerprint density at radius 3 is 2.56 bits per heavy atom. The Morgan fingerprint density at radius 2 is 1.93 bits per heavy atom. The van der Waals surface area contributed by atoms with Crippen molar-refractivity contribution in [3.05, 3.63) is 87.9 Å². The van der Waals surface area contributed by atoms with Crippen molar-refractivity contribution < 1.29 is 13.9 Å². The molecule has 0 fully saturated rings. The lowest BCUT2D eigenvalue weighted by molar-refractivity contribution is 0.0965. The third-order valence-electron chi connectivity index (χ3n) is 3.74. The molecular formula is C19H15ClFN3O3.